The number of benzene rings is 2. The minimum atomic E-state index is -3.46. The highest BCUT2D eigenvalue weighted by Crippen LogP contribution is 2.34. The number of halogens is 1. The summed E-state index contributed by atoms with van der Waals surface area (Å²) < 4.78 is 31.0. The van der Waals surface area contributed by atoms with Crippen LogP contribution in [0.3, 0.4) is 0 Å². The first kappa shape index (κ1) is 26.8. The van der Waals surface area contributed by atoms with Crippen LogP contribution in [0.25, 0.3) is 0 Å². The summed E-state index contributed by atoms with van der Waals surface area (Å²) in [5, 5.41) is 9.98. The maximum Gasteiger partial charge on any atom is 0.232 e. The summed E-state index contributed by atoms with van der Waals surface area (Å²) >= 11 is 6.38. The summed E-state index contributed by atoms with van der Waals surface area (Å²) in [7, 11) is 1.67. The second-order valence-electron chi connectivity index (χ2n) is 8.82. The molecule has 4 rings (SSSR count). The van der Waals surface area contributed by atoms with Crippen LogP contribution in [0.1, 0.15) is 12.8 Å². The van der Waals surface area contributed by atoms with Crippen LogP contribution in [0.4, 0.5) is 34.5 Å². The Kier molecular flexibility index (Phi) is 8.25. The number of nitrogens with one attached hydrogen (secondary N) is 3. The molecule has 1 aromatic heterocycles. The predicted octanol–water partition coefficient (Wildman–Crippen LogP) is 4.21. The lowest BCUT2D eigenvalue weighted by atomic mass is 10.0. The maximum atomic E-state index is 12.1. The van der Waals surface area contributed by atoms with Crippen molar-refractivity contribution < 1.29 is 13.2 Å². The van der Waals surface area contributed by atoms with Crippen molar-refractivity contribution in [1.82, 2.24) is 15.3 Å². The largest absolute Gasteiger partial charge is 0.494 e. The molecule has 3 aromatic rings. The monoisotopic (exact) mass is 545 g/mol. The highest BCUT2D eigenvalue weighted by atomic mass is 35.5. The molecule has 1 aliphatic rings. The summed E-state index contributed by atoms with van der Waals surface area (Å²) in [5.41, 5.74) is 2.81. The van der Waals surface area contributed by atoms with E-state index in [1.165, 1.54) is 17.5 Å². The molecular formula is C25H32ClN7O3S. The van der Waals surface area contributed by atoms with Crippen molar-refractivity contribution in [2.24, 2.45) is 0 Å². The Morgan fingerprint density at radius 2 is 1.84 bits per heavy atom. The number of methoxy groups -OCH3 is 1. The molecular weight excluding hydrogens is 514 g/mol. The van der Waals surface area contributed by atoms with Crippen LogP contribution in [-0.4, -0.2) is 65.0 Å². The van der Waals surface area contributed by atoms with Crippen molar-refractivity contribution in [2.75, 3.05) is 60.4 Å². The Morgan fingerprint density at radius 3 is 2.51 bits per heavy atom. The zero-order chi connectivity index (χ0) is 26.6. The van der Waals surface area contributed by atoms with E-state index < -0.39 is 10.0 Å². The summed E-state index contributed by atoms with van der Waals surface area (Å²) in [6, 6.07) is 13.6. The second kappa shape index (κ2) is 11.4. The molecule has 12 heteroatoms. The lowest BCUT2D eigenvalue weighted by Crippen LogP contribution is -2.41. The molecule has 198 valence electrons. The van der Waals surface area contributed by atoms with E-state index >= 15 is 0 Å². The van der Waals surface area contributed by atoms with Gasteiger partial charge >= 0.3 is 0 Å². The van der Waals surface area contributed by atoms with Gasteiger partial charge in [-0.15, -0.1) is 0 Å². The van der Waals surface area contributed by atoms with E-state index in [2.05, 4.69) is 36.9 Å². The van der Waals surface area contributed by atoms with Crippen LogP contribution in [0.2, 0.25) is 5.02 Å². The molecule has 0 saturated carbocycles. The van der Waals surface area contributed by atoms with E-state index in [4.69, 9.17) is 16.3 Å². The lowest BCUT2D eigenvalue weighted by molar-refractivity contribution is 0.415. The summed E-state index contributed by atoms with van der Waals surface area (Å²) in [4.78, 5) is 11.2. The van der Waals surface area contributed by atoms with E-state index in [9.17, 15) is 8.42 Å². The second-order valence-corrected chi connectivity index (χ2v) is 11.2. The fourth-order valence-electron chi connectivity index (χ4n) is 4.20. The van der Waals surface area contributed by atoms with Gasteiger partial charge in [0.2, 0.25) is 16.0 Å². The van der Waals surface area contributed by atoms with Gasteiger partial charge in [-0.1, -0.05) is 23.7 Å². The Balaban J connectivity index is 1.55. The van der Waals surface area contributed by atoms with Crippen molar-refractivity contribution in [1.29, 1.82) is 0 Å². The highest BCUT2D eigenvalue weighted by molar-refractivity contribution is 7.92. The Hall–Kier alpha value is -3.28. The molecule has 0 bridgehead atoms. The molecule has 0 atom stereocenters. The quantitative estimate of drug-likeness (QED) is 0.364. The number of hydrogen-bond acceptors (Lipinski definition) is 9. The van der Waals surface area contributed by atoms with E-state index in [0.29, 0.717) is 40.6 Å². The fourth-order valence-corrected chi connectivity index (χ4v) is 4.86. The van der Waals surface area contributed by atoms with E-state index in [0.717, 1.165) is 37.9 Å². The van der Waals surface area contributed by atoms with Gasteiger partial charge in [-0.3, -0.25) is 4.31 Å². The minimum Gasteiger partial charge on any atom is -0.494 e. The van der Waals surface area contributed by atoms with Gasteiger partial charge in [-0.2, -0.15) is 4.98 Å². The minimum absolute atomic E-state index is 0.287. The van der Waals surface area contributed by atoms with Crippen molar-refractivity contribution in [3.8, 4) is 5.75 Å². The molecule has 1 aliphatic heterocycles. The first-order chi connectivity index (χ1) is 17.7. The summed E-state index contributed by atoms with van der Waals surface area (Å²) in [6.45, 7) is 1.96. The van der Waals surface area contributed by atoms with Crippen molar-refractivity contribution >= 4 is 56.1 Å². The van der Waals surface area contributed by atoms with Gasteiger partial charge in [-0.05, 0) is 44.2 Å². The number of aromatic nitrogens is 2. The molecule has 0 aliphatic carbocycles. The zero-order valence-electron chi connectivity index (χ0n) is 21.3. The van der Waals surface area contributed by atoms with Gasteiger partial charge in [0, 0.05) is 37.9 Å². The number of piperidine rings is 1. The van der Waals surface area contributed by atoms with Crippen LogP contribution in [0.5, 0.6) is 5.75 Å². The SMILES string of the molecule is CNC1CCN(c2ccc(Nc3ncc(Cl)c(Nc4ccccc4N(C)S(C)(=O)=O)n3)c(OC)c2)CC1. The molecule has 1 fully saturated rings. The number of hydrogen-bond donors (Lipinski definition) is 3. The molecule has 1 saturated heterocycles. The normalized spacial score (nSPS) is 14.4. The summed E-state index contributed by atoms with van der Waals surface area (Å²) in [5.74, 6) is 1.31. The highest BCUT2D eigenvalue weighted by Gasteiger charge is 2.20. The standard InChI is InChI=1S/C25H32ClN7O3S/c1-27-17-11-13-33(14-12-17)18-9-10-21(23(15-18)36-3)30-25-28-16-19(26)24(31-25)29-20-7-5-6-8-22(20)32(2)37(4,34)35/h5-10,15-17,27H,11-14H2,1-4H3,(H2,28,29,30,31). The van der Waals surface area contributed by atoms with Crippen LogP contribution >= 0.6 is 11.6 Å². The zero-order valence-corrected chi connectivity index (χ0v) is 22.9. The van der Waals surface area contributed by atoms with Crippen LogP contribution in [-0.2, 0) is 10.0 Å². The van der Waals surface area contributed by atoms with Crippen molar-refractivity contribution in [3.63, 3.8) is 0 Å². The van der Waals surface area contributed by atoms with Crippen molar-refractivity contribution in [2.45, 2.75) is 18.9 Å². The Morgan fingerprint density at radius 1 is 1.11 bits per heavy atom. The van der Waals surface area contributed by atoms with Crippen LogP contribution in [0.15, 0.2) is 48.7 Å². The fraction of sp³-hybridized carbons (Fsp3) is 0.360. The van der Waals surface area contributed by atoms with E-state index in [-0.39, 0.29) is 5.02 Å². The predicted molar refractivity (Wildman–Crippen MR) is 151 cm³/mol. The third kappa shape index (κ3) is 6.35. The average Bonchev–Trinajstić information content (AvgIpc) is 2.90. The van der Waals surface area contributed by atoms with Gasteiger partial charge in [-0.25, -0.2) is 13.4 Å². The number of anilines is 6. The molecule has 0 amide bonds. The molecule has 0 radical (unpaired) electrons. The molecule has 0 spiro atoms. The first-order valence-electron chi connectivity index (χ1n) is 11.9. The molecule has 2 heterocycles. The van der Waals surface area contributed by atoms with E-state index in [1.807, 2.05) is 19.2 Å². The lowest BCUT2D eigenvalue weighted by Gasteiger charge is -2.33. The third-order valence-electron chi connectivity index (χ3n) is 6.44. The average molecular weight is 546 g/mol. The topological polar surface area (TPSA) is 112 Å². The Labute approximate surface area is 223 Å². The van der Waals surface area contributed by atoms with Crippen molar-refractivity contribution in [3.05, 3.63) is 53.7 Å². The molecule has 2 aromatic carbocycles. The summed E-state index contributed by atoms with van der Waals surface area (Å²) in [6.07, 6.45) is 4.81. The first-order valence-corrected chi connectivity index (χ1v) is 14.1. The number of sulfonamides is 1. The number of rotatable bonds is 9. The van der Waals surface area contributed by atoms with Gasteiger partial charge < -0.3 is 25.6 Å². The number of nitrogens with zero attached hydrogens (tertiary/aromatic N) is 4. The molecule has 0 unspecified atom stereocenters. The Bertz CT molecular complexity index is 1350. The van der Waals surface area contributed by atoms with Crippen LogP contribution < -0.4 is 29.9 Å². The smallest absolute Gasteiger partial charge is 0.232 e. The molecule has 3 N–H and O–H groups in total. The van der Waals surface area contributed by atoms with Gasteiger partial charge in [0.15, 0.2) is 5.82 Å². The molecule has 10 nitrogen and oxygen atoms in total. The third-order valence-corrected chi connectivity index (χ3v) is 7.91. The number of para-hydroxylation sites is 2. The van der Waals surface area contributed by atoms with Gasteiger partial charge in [0.25, 0.3) is 0 Å². The van der Waals surface area contributed by atoms with Gasteiger partial charge in [0.05, 0.1) is 36.6 Å². The maximum absolute atomic E-state index is 12.1. The van der Waals surface area contributed by atoms with Gasteiger partial charge in [0.1, 0.15) is 10.8 Å². The molecule has 37 heavy (non-hydrogen) atoms. The van der Waals surface area contributed by atoms with E-state index in [1.54, 1.807) is 31.4 Å². The number of ether oxygens (including phenoxy) is 1. The van der Waals surface area contributed by atoms with Crippen LogP contribution in [0, 0.1) is 0 Å².